The SMILES string of the molecule is CCCc1nsc(N2CCCC3C(NC(=O)CN(C)C)C(C)(C)C32)n1. The van der Waals surface area contributed by atoms with Gasteiger partial charge in [0.25, 0.3) is 0 Å². The summed E-state index contributed by atoms with van der Waals surface area (Å²) in [7, 11) is 3.86. The van der Waals surface area contributed by atoms with Gasteiger partial charge in [0.05, 0.1) is 6.54 Å². The van der Waals surface area contributed by atoms with Gasteiger partial charge in [-0.05, 0) is 33.4 Å². The van der Waals surface area contributed by atoms with Gasteiger partial charge in [0, 0.05) is 47.9 Å². The second kappa shape index (κ2) is 7.19. The summed E-state index contributed by atoms with van der Waals surface area (Å²) in [5.41, 5.74) is 0.0453. The Hall–Kier alpha value is -1.21. The highest BCUT2D eigenvalue weighted by Crippen LogP contribution is 2.53. The Kier molecular flexibility index (Phi) is 5.34. The summed E-state index contributed by atoms with van der Waals surface area (Å²) in [6, 6.07) is 0.684. The molecule has 1 amide bonds. The molecule has 1 aromatic rings. The summed E-state index contributed by atoms with van der Waals surface area (Å²) in [5.74, 6) is 1.60. The summed E-state index contributed by atoms with van der Waals surface area (Å²) in [4.78, 5) is 21.4. The van der Waals surface area contributed by atoms with Crippen LogP contribution in [0.5, 0.6) is 0 Å². The van der Waals surface area contributed by atoms with E-state index in [4.69, 9.17) is 4.98 Å². The summed E-state index contributed by atoms with van der Waals surface area (Å²) < 4.78 is 4.53. The zero-order valence-corrected chi connectivity index (χ0v) is 16.9. The van der Waals surface area contributed by atoms with E-state index in [0.717, 1.165) is 36.8 Å². The number of nitrogens with one attached hydrogen (secondary N) is 1. The fourth-order valence-corrected chi connectivity index (χ4v) is 5.42. The molecule has 0 spiro atoms. The Morgan fingerprint density at radius 3 is 2.88 bits per heavy atom. The average molecular weight is 366 g/mol. The number of hydrogen-bond acceptors (Lipinski definition) is 6. The van der Waals surface area contributed by atoms with E-state index >= 15 is 0 Å². The first-order chi connectivity index (χ1) is 11.8. The lowest BCUT2D eigenvalue weighted by Gasteiger charge is -2.64. The quantitative estimate of drug-likeness (QED) is 0.837. The molecule has 1 aliphatic carbocycles. The number of hydrogen-bond donors (Lipinski definition) is 1. The molecule has 3 unspecified atom stereocenters. The Labute approximate surface area is 155 Å². The van der Waals surface area contributed by atoms with Gasteiger partial charge in [-0.15, -0.1) is 0 Å². The van der Waals surface area contributed by atoms with Crippen LogP contribution in [0.25, 0.3) is 0 Å². The van der Waals surface area contributed by atoms with E-state index < -0.39 is 0 Å². The number of anilines is 1. The van der Waals surface area contributed by atoms with Gasteiger partial charge in [-0.2, -0.15) is 4.37 Å². The topological polar surface area (TPSA) is 61.4 Å². The van der Waals surface area contributed by atoms with E-state index in [-0.39, 0.29) is 17.4 Å². The fourth-order valence-electron chi connectivity index (χ4n) is 4.65. The molecule has 2 heterocycles. The number of aryl methyl sites for hydroxylation is 1. The molecule has 1 aromatic heterocycles. The number of nitrogens with zero attached hydrogens (tertiary/aromatic N) is 4. The first-order valence-electron chi connectivity index (χ1n) is 9.38. The molecule has 25 heavy (non-hydrogen) atoms. The van der Waals surface area contributed by atoms with Gasteiger partial charge in [-0.25, -0.2) is 4.98 Å². The number of amides is 1. The van der Waals surface area contributed by atoms with Crippen molar-refractivity contribution in [1.82, 2.24) is 19.6 Å². The van der Waals surface area contributed by atoms with Crippen molar-refractivity contribution in [3.63, 3.8) is 0 Å². The molecule has 0 radical (unpaired) electrons. The van der Waals surface area contributed by atoms with Crippen LogP contribution in [0.15, 0.2) is 0 Å². The van der Waals surface area contributed by atoms with Crippen LogP contribution in [0.1, 0.15) is 45.9 Å². The van der Waals surface area contributed by atoms with Crippen molar-refractivity contribution in [2.75, 3.05) is 32.1 Å². The minimum atomic E-state index is 0.0453. The molecule has 7 heteroatoms. The normalized spacial score (nSPS) is 27.8. The van der Waals surface area contributed by atoms with Gasteiger partial charge >= 0.3 is 0 Å². The lowest BCUT2D eigenvalue weighted by atomic mass is 9.52. The molecule has 2 aliphatic rings. The first-order valence-corrected chi connectivity index (χ1v) is 10.1. The van der Waals surface area contributed by atoms with Crippen molar-refractivity contribution in [2.45, 2.75) is 58.5 Å². The maximum absolute atomic E-state index is 12.3. The third kappa shape index (κ3) is 3.53. The monoisotopic (exact) mass is 365 g/mol. The Balaban J connectivity index is 1.73. The van der Waals surface area contributed by atoms with Crippen LogP contribution >= 0.6 is 11.5 Å². The Morgan fingerprint density at radius 1 is 1.44 bits per heavy atom. The number of carbonyl (C=O) groups is 1. The molecule has 1 saturated carbocycles. The van der Waals surface area contributed by atoms with Gasteiger partial charge in [0.15, 0.2) is 0 Å². The highest BCUT2D eigenvalue weighted by Gasteiger charge is 2.60. The maximum atomic E-state index is 12.3. The van der Waals surface area contributed by atoms with E-state index in [1.54, 1.807) is 0 Å². The average Bonchev–Trinajstić information content (AvgIpc) is 3.00. The zero-order valence-electron chi connectivity index (χ0n) is 16.1. The van der Waals surface area contributed by atoms with E-state index in [1.165, 1.54) is 18.0 Å². The number of aromatic nitrogens is 2. The molecule has 140 valence electrons. The van der Waals surface area contributed by atoms with Crippen LogP contribution in [0.2, 0.25) is 0 Å². The van der Waals surface area contributed by atoms with Crippen molar-refractivity contribution in [1.29, 1.82) is 0 Å². The predicted octanol–water partition coefficient (Wildman–Crippen LogP) is 2.16. The van der Waals surface area contributed by atoms with Gasteiger partial charge in [0.1, 0.15) is 5.82 Å². The zero-order chi connectivity index (χ0) is 18.2. The number of likely N-dealkylation sites (N-methyl/N-ethyl adjacent to an activating group) is 1. The van der Waals surface area contributed by atoms with Crippen LogP contribution in [-0.4, -0.2) is 59.4 Å². The standard InChI is InChI=1S/C18H31N5OS/c1-6-8-13-19-17(25-21-13)23-10-7-9-12-15(18(2,3)16(12)23)20-14(24)11-22(4)5/h12,15-16H,6-11H2,1-5H3,(H,20,24). The lowest BCUT2D eigenvalue weighted by Crippen LogP contribution is -2.75. The summed E-state index contributed by atoms with van der Waals surface area (Å²) in [6.45, 7) is 8.21. The third-order valence-electron chi connectivity index (χ3n) is 5.62. The van der Waals surface area contributed by atoms with Crippen LogP contribution in [0.4, 0.5) is 5.13 Å². The highest BCUT2D eigenvalue weighted by atomic mass is 32.1. The van der Waals surface area contributed by atoms with Gasteiger partial charge < -0.3 is 15.1 Å². The number of carbonyl (C=O) groups excluding carboxylic acids is 1. The van der Waals surface area contributed by atoms with E-state index in [0.29, 0.717) is 18.5 Å². The molecule has 1 saturated heterocycles. The second-order valence-corrected chi connectivity index (χ2v) is 9.02. The maximum Gasteiger partial charge on any atom is 0.234 e. The van der Waals surface area contributed by atoms with E-state index in [2.05, 4.69) is 35.4 Å². The summed E-state index contributed by atoms with van der Waals surface area (Å²) in [5, 5.41) is 4.35. The minimum Gasteiger partial charge on any atom is -0.351 e. The van der Waals surface area contributed by atoms with Crippen LogP contribution in [0, 0.1) is 11.3 Å². The Bertz CT molecular complexity index is 614. The molecule has 0 bridgehead atoms. The molecule has 3 rings (SSSR count). The van der Waals surface area contributed by atoms with Crippen molar-refractivity contribution < 1.29 is 4.79 Å². The molecule has 6 nitrogen and oxygen atoms in total. The summed E-state index contributed by atoms with van der Waals surface area (Å²) in [6.07, 6.45) is 4.36. The van der Waals surface area contributed by atoms with E-state index in [1.807, 2.05) is 19.0 Å². The summed E-state index contributed by atoms with van der Waals surface area (Å²) >= 11 is 1.53. The molecular weight excluding hydrogens is 334 g/mol. The van der Waals surface area contributed by atoms with Gasteiger partial charge in [-0.1, -0.05) is 20.8 Å². The van der Waals surface area contributed by atoms with Crippen molar-refractivity contribution >= 4 is 22.6 Å². The molecule has 1 N–H and O–H groups in total. The van der Waals surface area contributed by atoms with Crippen molar-refractivity contribution in [2.24, 2.45) is 11.3 Å². The van der Waals surface area contributed by atoms with Gasteiger partial charge in [0.2, 0.25) is 11.0 Å². The number of fused-ring (bicyclic) bond motifs is 1. The molecule has 3 atom stereocenters. The first kappa shape index (κ1) is 18.6. The molecule has 0 aromatic carbocycles. The lowest BCUT2D eigenvalue weighted by molar-refractivity contribution is -0.128. The van der Waals surface area contributed by atoms with Crippen LogP contribution in [-0.2, 0) is 11.2 Å². The number of rotatable bonds is 6. The molecule has 2 fully saturated rings. The van der Waals surface area contributed by atoms with Gasteiger partial charge in [-0.3, -0.25) is 4.79 Å². The fraction of sp³-hybridized carbons (Fsp3) is 0.833. The molecule has 1 aliphatic heterocycles. The van der Waals surface area contributed by atoms with E-state index in [9.17, 15) is 4.79 Å². The van der Waals surface area contributed by atoms with Crippen molar-refractivity contribution in [3.8, 4) is 0 Å². The largest absolute Gasteiger partial charge is 0.351 e. The highest BCUT2D eigenvalue weighted by molar-refractivity contribution is 7.09. The third-order valence-corrected chi connectivity index (χ3v) is 6.41. The molecular formula is C18H31N5OS. The van der Waals surface area contributed by atoms with Crippen molar-refractivity contribution in [3.05, 3.63) is 5.82 Å². The number of piperidine rings is 1. The predicted molar refractivity (Wildman–Crippen MR) is 102 cm³/mol. The van der Waals surface area contributed by atoms with Crippen LogP contribution in [0.3, 0.4) is 0 Å². The minimum absolute atomic E-state index is 0.0453. The Morgan fingerprint density at radius 2 is 2.20 bits per heavy atom. The smallest absolute Gasteiger partial charge is 0.234 e. The second-order valence-electron chi connectivity index (χ2n) is 8.29. The van der Waals surface area contributed by atoms with Crippen LogP contribution < -0.4 is 10.2 Å².